The van der Waals surface area contributed by atoms with E-state index in [9.17, 15) is 0 Å². The molecule has 2 rings (SSSR count). The molecule has 3 nitrogen and oxygen atoms in total. The van der Waals surface area contributed by atoms with Crippen molar-refractivity contribution in [2.45, 2.75) is 52.4 Å². The minimum absolute atomic E-state index is 0.160. The van der Waals surface area contributed by atoms with E-state index in [1.165, 1.54) is 5.56 Å². The van der Waals surface area contributed by atoms with Gasteiger partial charge >= 0.3 is 0 Å². The quantitative estimate of drug-likeness (QED) is 0.901. The van der Waals surface area contributed by atoms with E-state index in [1.54, 1.807) is 0 Å². The molecule has 1 aromatic carbocycles. The molecule has 0 saturated heterocycles. The molecule has 0 aliphatic heterocycles. The summed E-state index contributed by atoms with van der Waals surface area (Å²) in [6.07, 6.45) is 2.78. The summed E-state index contributed by atoms with van der Waals surface area (Å²) >= 11 is 0. The highest BCUT2D eigenvalue weighted by atomic mass is 15.0. The van der Waals surface area contributed by atoms with E-state index < -0.39 is 0 Å². The molecule has 0 aliphatic rings. The van der Waals surface area contributed by atoms with Crippen molar-refractivity contribution in [1.82, 2.24) is 9.97 Å². The molecule has 0 bridgehead atoms. The van der Waals surface area contributed by atoms with Gasteiger partial charge in [0.05, 0.1) is 5.41 Å². The van der Waals surface area contributed by atoms with E-state index in [4.69, 9.17) is 10.7 Å². The maximum Gasteiger partial charge on any atom is 0.141 e. The summed E-state index contributed by atoms with van der Waals surface area (Å²) in [5.74, 6) is 1.48. The van der Waals surface area contributed by atoms with Gasteiger partial charge in [0.15, 0.2) is 0 Å². The van der Waals surface area contributed by atoms with Crippen LogP contribution in [0.25, 0.3) is 0 Å². The number of hydrogen-bond donors (Lipinski definition) is 1. The van der Waals surface area contributed by atoms with Crippen molar-refractivity contribution in [2.24, 2.45) is 0 Å². The molecule has 0 atom stereocenters. The van der Waals surface area contributed by atoms with Crippen LogP contribution in [0.3, 0.4) is 0 Å². The van der Waals surface area contributed by atoms with Crippen molar-refractivity contribution >= 4 is 5.82 Å². The lowest BCUT2D eigenvalue weighted by Crippen LogP contribution is -2.30. The van der Waals surface area contributed by atoms with Crippen LogP contribution in [0.4, 0.5) is 5.82 Å². The minimum Gasteiger partial charge on any atom is -0.383 e. The summed E-state index contributed by atoms with van der Waals surface area (Å²) < 4.78 is 0. The average molecular weight is 283 g/mol. The van der Waals surface area contributed by atoms with Crippen LogP contribution in [-0.4, -0.2) is 9.97 Å². The molecule has 21 heavy (non-hydrogen) atoms. The minimum atomic E-state index is -0.160. The second kappa shape index (κ2) is 6.25. The van der Waals surface area contributed by atoms with Crippen molar-refractivity contribution in [3.8, 4) is 0 Å². The fraction of sp³-hybridized carbons (Fsp3) is 0.444. The summed E-state index contributed by atoms with van der Waals surface area (Å²) in [7, 11) is 0. The number of nitrogen functional groups attached to an aromatic ring is 1. The second-order valence-corrected chi connectivity index (χ2v) is 5.51. The first-order valence-electron chi connectivity index (χ1n) is 7.78. The van der Waals surface area contributed by atoms with E-state index in [-0.39, 0.29) is 5.41 Å². The van der Waals surface area contributed by atoms with Gasteiger partial charge in [-0.2, -0.15) is 0 Å². The predicted molar refractivity (Wildman–Crippen MR) is 88.4 cm³/mol. The lowest BCUT2D eigenvalue weighted by Gasteiger charge is -2.31. The van der Waals surface area contributed by atoms with Crippen LogP contribution in [0.2, 0.25) is 0 Å². The zero-order valence-electron chi connectivity index (χ0n) is 13.5. The van der Waals surface area contributed by atoms with Gasteiger partial charge < -0.3 is 5.73 Å². The highest BCUT2D eigenvalue weighted by molar-refractivity contribution is 5.44. The molecular weight excluding hydrogens is 258 g/mol. The zero-order valence-corrected chi connectivity index (χ0v) is 13.5. The lowest BCUT2D eigenvalue weighted by molar-refractivity contribution is 0.448. The molecule has 0 aliphatic carbocycles. The van der Waals surface area contributed by atoms with E-state index in [1.807, 2.05) is 13.0 Å². The molecule has 112 valence electrons. The molecule has 0 unspecified atom stereocenters. The predicted octanol–water partition coefficient (Wildman–Crippen LogP) is 4.04. The van der Waals surface area contributed by atoms with Gasteiger partial charge in [0.25, 0.3) is 0 Å². The Labute approximate surface area is 127 Å². The third-order valence-electron chi connectivity index (χ3n) is 4.56. The SMILES string of the molecule is CCc1c(C)nc(C(CC)(CC)c2ccccc2)nc1N. The number of rotatable bonds is 5. The molecule has 0 fully saturated rings. The second-order valence-electron chi connectivity index (χ2n) is 5.51. The van der Waals surface area contributed by atoms with Crippen molar-refractivity contribution in [3.05, 3.63) is 53.0 Å². The van der Waals surface area contributed by atoms with E-state index >= 15 is 0 Å². The van der Waals surface area contributed by atoms with Crippen LogP contribution >= 0.6 is 0 Å². The molecule has 0 radical (unpaired) electrons. The molecule has 3 heteroatoms. The Bertz CT molecular complexity index is 578. The van der Waals surface area contributed by atoms with Gasteiger partial charge in [0.1, 0.15) is 11.6 Å². The summed E-state index contributed by atoms with van der Waals surface area (Å²) in [4.78, 5) is 9.47. The monoisotopic (exact) mass is 283 g/mol. The van der Waals surface area contributed by atoms with Crippen LogP contribution in [0, 0.1) is 6.92 Å². The third kappa shape index (κ3) is 2.65. The molecule has 1 aromatic heterocycles. The molecule has 2 aromatic rings. The summed E-state index contributed by atoms with van der Waals surface area (Å²) in [6, 6.07) is 10.5. The Morgan fingerprint density at radius 2 is 1.62 bits per heavy atom. The average Bonchev–Trinajstić information content (AvgIpc) is 2.50. The highest BCUT2D eigenvalue weighted by Crippen LogP contribution is 2.37. The van der Waals surface area contributed by atoms with Crippen LogP contribution in [0.15, 0.2) is 30.3 Å². The van der Waals surface area contributed by atoms with Gasteiger partial charge in [-0.15, -0.1) is 0 Å². The molecule has 0 saturated carbocycles. The Hall–Kier alpha value is -1.90. The van der Waals surface area contributed by atoms with Crippen LogP contribution in [0.5, 0.6) is 0 Å². The maximum atomic E-state index is 6.17. The number of aromatic nitrogens is 2. The number of aryl methyl sites for hydroxylation is 1. The van der Waals surface area contributed by atoms with Gasteiger partial charge in [0.2, 0.25) is 0 Å². The van der Waals surface area contributed by atoms with Crippen LogP contribution in [0.1, 0.15) is 56.3 Å². The number of nitrogens with zero attached hydrogens (tertiary/aromatic N) is 2. The van der Waals surface area contributed by atoms with Crippen molar-refractivity contribution in [2.75, 3.05) is 5.73 Å². The number of anilines is 1. The number of hydrogen-bond acceptors (Lipinski definition) is 3. The third-order valence-corrected chi connectivity index (χ3v) is 4.56. The zero-order chi connectivity index (χ0) is 15.5. The molecule has 1 heterocycles. The molecule has 0 amide bonds. The maximum absolute atomic E-state index is 6.17. The first-order valence-corrected chi connectivity index (χ1v) is 7.78. The number of benzene rings is 1. The number of nitrogens with two attached hydrogens (primary N) is 1. The van der Waals surface area contributed by atoms with Gasteiger partial charge in [-0.05, 0) is 31.7 Å². The van der Waals surface area contributed by atoms with Crippen LogP contribution in [-0.2, 0) is 11.8 Å². The molecule has 2 N–H and O–H groups in total. The van der Waals surface area contributed by atoms with Crippen molar-refractivity contribution in [3.63, 3.8) is 0 Å². The van der Waals surface area contributed by atoms with E-state index in [0.29, 0.717) is 5.82 Å². The fourth-order valence-corrected chi connectivity index (χ4v) is 3.13. The Morgan fingerprint density at radius 1 is 1.00 bits per heavy atom. The molecule has 0 spiro atoms. The van der Waals surface area contributed by atoms with Gasteiger partial charge in [-0.3, -0.25) is 0 Å². The smallest absolute Gasteiger partial charge is 0.141 e. The Kier molecular flexibility index (Phi) is 4.61. The fourth-order valence-electron chi connectivity index (χ4n) is 3.13. The van der Waals surface area contributed by atoms with Crippen molar-refractivity contribution < 1.29 is 0 Å². The van der Waals surface area contributed by atoms with Gasteiger partial charge in [-0.1, -0.05) is 51.1 Å². The summed E-state index contributed by atoms with van der Waals surface area (Å²) in [5.41, 5.74) is 9.33. The van der Waals surface area contributed by atoms with Crippen molar-refractivity contribution in [1.29, 1.82) is 0 Å². The lowest BCUT2D eigenvalue weighted by atomic mass is 9.75. The first-order chi connectivity index (χ1) is 10.1. The van der Waals surface area contributed by atoms with Gasteiger partial charge in [0, 0.05) is 11.3 Å². The largest absolute Gasteiger partial charge is 0.383 e. The Morgan fingerprint density at radius 3 is 2.10 bits per heavy atom. The van der Waals surface area contributed by atoms with E-state index in [2.05, 4.69) is 50.0 Å². The summed E-state index contributed by atoms with van der Waals surface area (Å²) in [5, 5.41) is 0. The summed E-state index contributed by atoms with van der Waals surface area (Å²) in [6.45, 7) is 8.51. The van der Waals surface area contributed by atoms with Gasteiger partial charge in [-0.25, -0.2) is 9.97 Å². The molecular formula is C18H25N3. The topological polar surface area (TPSA) is 51.8 Å². The highest BCUT2D eigenvalue weighted by Gasteiger charge is 2.34. The Balaban J connectivity index is 2.64. The standard InChI is InChI=1S/C18H25N3/c1-5-15-13(4)20-17(21-16(15)19)18(6-2,7-3)14-11-9-8-10-12-14/h8-12H,5-7H2,1-4H3,(H2,19,20,21). The van der Waals surface area contributed by atoms with E-state index in [0.717, 1.165) is 36.3 Å². The first kappa shape index (κ1) is 15.5. The van der Waals surface area contributed by atoms with Crippen LogP contribution < -0.4 is 5.73 Å². The normalized spacial score (nSPS) is 11.6.